The molecule has 37 heavy (non-hydrogen) atoms. The molecule has 1 amide bonds. The number of halogens is 3. The van der Waals surface area contributed by atoms with Gasteiger partial charge in [-0.25, -0.2) is 4.98 Å². The Morgan fingerprint density at radius 3 is 2.57 bits per heavy atom. The predicted octanol–water partition coefficient (Wildman–Crippen LogP) is 5.06. The Morgan fingerprint density at radius 2 is 1.92 bits per heavy atom. The number of pyridine rings is 1. The van der Waals surface area contributed by atoms with Crippen LogP contribution in [0.25, 0.3) is 0 Å². The number of amides is 1. The predicted molar refractivity (Wildman–Crippen MR) is 135 cm³/mol. The average Bonchev–Trinajstić information content (AvgIpc) is 3.56. The van der Waals surface area contributed by atoms with Crippen LogP contribution in [0.2, 0.25) is 0 Å². The van der Waals surface area contributed by atoms with Crippen LogP contribution in [-0.2, 0) is 29.5 Å². The third-order valence-corrected chi connectivity index (χ3v) is 9.82. The van der Waals surface area contributed by atoms with Gasteiger partial charge < -0.3 is 15.3 Å². The van der Waals surface area contributed by atoms with Crippen LogP contribution in [0.5, 0.6) is 0 Å². The van der Waals surface area contributed by atoms with Crippen LogP contribution in [0.3, 0.4) is 0 Å². The van der Waals surface area contributed by atoms with E-state index >= 15 is 0 Å². The molecule has 2 fully saturated rings. The first kappa shape index (κ1) is 26.6. The van der Waals surface area contributed by atoms with Crippen molar-refractivity contribution in [3.05, 3.63) is 45.7 Å². The van der Waals surface area contributed by atoms with E-state index in [0.717, 1.165) is 49.4 Å². The molecule has 6 nitrogen and oxygen atoms in total. The number of carbonyl (C=O) groups is 1. The second kappa shape index (κ2) is 9.93. The Hall–Kier alpha value is -2.04. The van der Waals surface area contributed by atoms with Gasteiger partial charge in [0, 0.05) is 55.1 Å². The summed E-state index contributed by atoms with van der Waals surface area (Å²) in [5, 5.41) is 17.5. The van der Waals surface area contributed by atoms with E-state index in [1.165, 1.54) is 11.3 Å². The number of nitrogens with one attached hydrogen (secondary N) is 1. The zero-order chi connectivity index (χ0) is 26.4. The van der Waals surface area contributed by atoms with Gasteiger partial charge in [0.15, 0.2) is 0 Å². The summed E-state index contributed by atoms with van der Waals surface area (Å²) < 4.78 is 39.7. The van der Waals surface area contributed by atoms with E-state index in [9.17, 15) is 23.1 Å². The fourth-order valence-corrected chi connectivity index (χ4v) is 7.31. The lowest BCUT2D eigenvalue weighted by Crippen LogP contribution is -2.49. The number of aromatic nitrogens is 2. The third kappa shape index (κ3) is 5.16. The van der Waals surface area contributed by atoms with Gasteiger partial charge in [-0.15, -0.1) is 11.3 Å². The maximum Gasteiger partial charge on any atom is 0.417 e. The quantitative estimate of drug-likeness (QED) is 0.559. The maximum atomic E-state index is 13.9. The van der Waals surface area contributed by atoms with Crippen molar-refractivity contribution in [1.29, 1.82) is 0 Å². The van der Waals surface area contributed by atoms with Crippen LogP contribution < -0.4 is 5.32 Å². The Balaban J connectivity index is 1.23. The van der Waals surface area contributed by atoms with Gasteiger partial charge in [0.2, 0.25) is 5.91 Å². The van der Waals surface area contributed by atoms with Crippen LogP contribution in [0.15, 0.2) is 23.8 Å². The summed E-state index contributed by atoms with van der Waals surface area (Å²) in [7, 11) is 0. The van der Waals surface area contributed by atoms with Gasteiger partial charge >= 0.3 is 6.18 Å². The first-order valence-corrected chi connectivity index (χ1v) is 14.1. The molecule has 2 saturated carbocycles. The number of aliphatic hydroxyl groups is 1. The SMILES string of the molecule is CC(C)[C@]1(C(=O)N2CCc3ncc(C(F)(F)F)cc3C2)CC[C@@H](NC2CCC(O)(c3nccs3)CC2)C1. The van der Waals surface area contributed by atoms with Gasteiger partial charge in [-0.05, 0) is 62.5 Å². The summed E-state index contributed by atoms with van der Waals surface area (Å²) >= 11 is 1.50. The maximum absolute atomic E-state index is 13.9. The summed E-state index contributed by atoms with van der Waals surface area (Å²) in [6.07, 6.45) is 4.06. The van der Waals surface area contributed by atoms with E-state index in [4.69, 9.17) is 0 Å². The zero-order valence-corrected chi connectivity index (χ0v) is 22.2. The highest BCUT2D eigenvalue weighted by molar-refractivity contribution is 7.09. The first-order valence-electron chi connectivity index (χ1n) is 13.2. The Morgan fingerprint density at radius 1 is 1.19 bits per heavy atom. The van der Waals surface area contributed by atoms with E-state index in [1.807, 2.05) is 5.38 Å². The molecule has 0 aromatic carbocycles. The topological polar surface area (TPSA) is 78.4 Å². The van der Waals surface area contributed by atoms with Crippen LogP contribution in [0, 0.1) is 11.3 Å². The Bertz CT molecular complexity index is 1120. The number of nitrogens with zero attached hydrogens (tertiary/aromatic N) is 3. The van der Waals surface area contributed by atoms with Crippen molar-refractivity contribution in [2.45, 2.75) is 95.6 Å². The van der Waals surface area contributed by atoms with Crippen molar-refractivity contribution in [3.63, 3.8) is 0 Å². The number of fused-ring (bicyclic) bond motifs is 1. The molecule has 2 aromatic heterocycles. The first-order chi connectivity index (χ1) is 17.5. The van der Waals surface area contributed by atoms with Gasteiger partial charge in [0.1, 0.15) is 10.6 Å². The lowest BCUT2D eigenvalue weighted by atomic mass is 9.73. The molecular formula is C27H35F3N4O2S. The molecule has 10 heteroatoms. The number of thiazole rings is 1. The van der Waals surface area contributed by atoms with E-state index in [1.54, 1.807) is 11.1 Å². The van der Waals surface area contributed by atoms with Gasteiger partial charge in [0.05, 0.1) is 11.0 Å². The third-order valence-electron chi connectivity index (χ3n) is 8.85. The van der Waals surface area contributed by atoms with Gasteiger partial charge in [-0.3, -0.25) is 9.78 Å². The molecule has 0 radical (unpaired) electrons. The van der Waals surface area contributed by atoms with Crippen LogP contribution in [0.4, 0.5) is 13.2 Å². The second-order valence-corrected chi connectivity index (χ2v) is 12.3. The monoisotopic (exact) mass is 536 g/mol. The van der Waals surface area contributed by atoms with Crippen molar-refractivity contribution in [1.82, 2.24) is 20.2 Å². The Kier molecular flexibility index (Phi) is 7.13. The van der Waals surface area contributed by atoms with Crippen LogP contribution in [0.1, 0.15) is 80.6 Å². The molecule has 3 heterocycles. The minimum Gasteiger partial charge on any atom is -0.383 e. The van der Waals surface area contributed by atoms with Crippen molar-refractivity contribution in [2.24, 2.45) is 11.3 Å². The summed E-state index contributed by atoms with van der Waals surface area (Å²) in [6, 6.07) is 1.65. The molecule has 0 saturated heterocycles. The summed E-state index contributed by atoms with van der Waals surface area (Å²) in [5.74, 6) is 0.172. The normalized spacial score (nSPS) is 30.5. The molecule has 2 N–H and O–H groups in total. The minimum atomic E-state index is -4.45. The van der Waals surface area contributed by atoms with Crippen LogP contribution in [-0.4, -0.2) is 44.5 Å². The van der Waals surface area contributed by atoms with Gasteiger partial charge in [-0.2, -0.15) is 13.2 Å². The highest BCUT2D eigenvalue weighted by Crippen LogP contribution is 2.47. The number of hydrogen-bond donors (Lipinski definition) is 2. The lowest BCUT2D eigenvalue weighted by Gasteiger charge is -2.40. The molecule has 0 bridgehead atoms. The molecule has 2 atom stereocenters. The lowest BCUT2D eigenvalue weighted by molar-refractivity contribution is -0.146. The highest BCUT2D eigenvalue weighted by Gasteiger charge is 2.50. The van der Waals surface area contributed by atoms with Crippen molar-refractivity contribution in [3.8, 4) is 0 Å². The van der Waals surface area contributed by atoms with E-state index in [0.29, 0.717) is 37.1 Å². The largest absolute Gasteiger partial charge is 0.417 e. The standard InChI is InChI=1S/C27H35F3N4O2S/c1-17(2)25(24(35)34-11-6-22-18(16-34)13-19(15-32-22)27(28,29)30)7-3-21(14-25)33-20-4-8-26(36,9-5-20)23-31-10-12-37-23/h10,12-13,15,17,20-21,33,36H,3-9,11,14,16H2,1-2H3/t20?,21-,25+,26?/m1/s1. The zero-order valence-electron chi connectivity index (χ0n) is 21.4. The molecule has 0 unspecified atom stereocenters. The second-order valence-electron chi connectivity index (χ2n) is 11.4. The molecule has 1 aliphatic heterocycles. The van der Waals surface area contributed by atoms with Gasteiger partial charge in [0.25, 0.3) is 0 Å². The number of alkyl halides is 3. The van der Waals surface area contributed by atoms with Crippen molar-refractivity contribution < 1.29 is 23.1 Å². The Labute approximate surface area is 219 Å². The average molecular weight is 537 g/mol. The van der Waals surface area contributed by atoms with Crippen molar-refractivity contribution in [2.75, 3.05) is 6.54 Å². The number of rotatable bonds is 5. The van der Waals surface area contributed by atoms with E-state index < -0.39 is 22.8 Å². The molecular weight excluding hydrogens is 501 g/mol. The molecule has 2 aromatic rings. The fourth-order valence-electron chi connectivity index (χ4n) is 6.52. The summed E-state index contributed by atoms with van der Waals surface area (Å²) in [4.78, 5) is 24.0. The minimum absolute atomic E-state index is 0.0525. The molecule has 2 aliphatic carbocycles. The number of carbonyl (C=O) groups excluding carboxylic acids is 1. The number of hydrogen-bond acceptors (Lipinski definition) is 6. The van der Waals surface area contributed by atoms with Crippen LogP contribution >= 0.6 is 11.3 Å². The van der Waals surface area contributed by atoms with Gasteiger partial charge in [-0.1, -0.05) is 13.8 Å². The van der Waals surface area contributed by atoms with Crippen molar-refractivity contribution >= 4 is 17.2 Å². The molecule has 5 rings (SSSR count). The summed E-state index contributed by atoms with van der Waals surface area (Å²) in [6.45, 7) is 4.82. The fraction of sp³-hybridized carbons (Fsp3) is 0.667. The molecule has 202 valence electrons. The molecule has 0 spiro atoms. The summed E-state index contributed by atoms with van der Waals surface area (Å²) in [5.41, 5.74) is -0.989. The van der Waals surface area contributed by atoms with E-state index in [-0.39, 0.29) is 30.5 Å². The highest BCUT2D eigenvalue weighted by atomic mass is 32.1. The van der Waals surface area contributed by atoms with E-state index in [2.05, 4.69) is 29.1 Å². The molecule has 3 aliphatic rings. The smallest absolute Gasteiger partial charge is 0.383 e.